The van der Waals surface area contributed by atoms with Crippen LogP contribution in [-0.2, 0) is 10.0 Å². The molecule has 4 nitrogen and oxygen atoms in total. The van der Waals surface area contributed by atoms with Gasteiger partial charge in [0.1, 0.15) is 4.99 Å². The van der Waals surface area contributed by atoms with Gasteiger partial charge >= 0.3 is 0 Å². The van der Waals surface area contributed by atoms with Crippen LogP contribution in [0.1, 0.15) is 25.8 Å². The van der Waals surface area contributed by atoms with E-state index in [0.717, 1.165) is 0 Å². The molecule has 0 fully saturated rings. The highest BCUT2D eigenvalue weighted by Crippen LogP contribution is 2.24. The number of hydrogen-bond acceptors (Lipinski definition) is 3. The molecule has 0 atom stereocenters. The molecule has 3 N–H and O–H groups in total. The summed E-state index contributed by atoms with van der Waals surface area (Å²) in [6, 6.07) is 4.74. The molecule has 19 heavy (non-hydrogen) atoms. The Morgan fingerprint density at radius 2 is 2.11 bits per heavy atom. The first-order valence-electron chi connectivity index (χ1n) is 5.81. The second-order valence-electron chi connectivity index (χ2n) is 4.66. The Morgan fingerprint density at radius 1 is 1.47 bits per heavy atom. The minimum Gasteiger partial charge on any atom is -0.389 e. The fraction of sp³-hybridized carbons (Fsp3) is 0.417. The second-order valence-corrected chi connectivity index (χ2v) is 7.35. The fourth-order valence-corrected chi connectivity index (χ4v) is 3.17. The summed E-state index contributed by atoms with van der Waals surface area (Å²) in [5.41, 5.74) is 6.42. The Hall–Kier alpha value is -0.850. The number of sulfonamides is 1. The first-order valence-corrected chi connectivity index (χ1v) is 8.25. The summed E-state index contributed by atoms with van der Waals surface area (Å²) in [6.07, 6.45) is 0.595. The highest BCUT2D eigenvalue weighted by Gasteiger charge is 2.13. The summed E-state index contributed by atoms with van der Waals surface area (Å²) in [7, 11) is -3.38. The van der Waals surface area contributed by atoms with Crippen molar-refractivity contribution in [3.8, 4) is 0 Å². The van der Waals surface area contributed by atoms with Gasteiger partial charge in [-0.1, -0.05) is 37.7 Å². The number of halogens is 1. The Balaban J connectivity index is 2.85. The number of rotatable bonds is 6. The molecule has 0 amide bonds. The van der Waals surface area contributed by atoms with Crippen molar-refractivity contribution in [3.05, 3.63) is 28.8 Å². The zero-order valence-corrected chi connectivity index (χ0v) is 13.2. The molecule has 0 aliphatic carbocycles. The van der Waals surface area contributed by atoms with Gasteiger partial charge in [-0.25, -0.2) is 8.42 Å². The van der Waals surface area contributed by atoms with E-state index < -0.39 is 10.0 Å². The summed E-state index contributed by atoms with van der Waals surface area (Å²) in [6.45, 7) is 3.94. The Morgan fingerprint density at radius 3 is 2.58 bits per heavy atom. The standard InChI is InChI=1S/C12H17ClN2O2S2/c1-8(2)5-6-19(16,17)15-11-4-3-9(12(14)18)7-10(11)13/h3-4,7-8,15H,5-6H2,1-2H3,(H2,14,18). The minimum atomic E-state index is -3.38. The SMILES string of the molecule is CC(C)CCS(=O)(=O)Nc1ccc(C(N)=S)cc1Cl. The molecular weight excluding hydrogens is 304 g/mol. The molecule has 1 rings (SSSR count). The highest BCUT2D eigenvalue weighted by molar-refractivity contribution is 7.92. The van der Waals surface area contributed by atoms with Crippen LogP contribution < -0.4 is 10.5 Å². The number of hydrogen-bond donors (Lipinski definition) is 2. The largest absolute Gasteiger partial charge is 0.389 e. The lowest BCUT2D eigenvalue weighted by atomic mass is 10.2. The van der Waals surface area contributed by atoms with Gasteiger partial charge in [0, 0.05) is 5.56 Å². The summed E-state index contributed by atoms with van der Waals surface area (Å²) in [5.74, 6) is 0.391. The molecule has 106 valence electrons. The van der Waals surface area contributed by atoms with E-state index >= 15 is 0 Å². The van der Waals surface area contributed by atoms with E-state index in [1.807, 2.05) is 13.8 Å². The normalized spacial score (nSPS) is 11.6. The lowest BCUT2D eigenvalue weighted by Crippen LogP contribution is -2.18. The predicted molar refractivity (Wildman–Crippen MR) is 84.2 cm³/mol. The third-order valence-corrected chi connectivity index (χ3v) is 4.34. The maximum Gasteiger partial charge on any atom is 0.232 e. The number of nitrogens with two attached hydrogens (primary N) is 1. The molecule has 1 aromatic rings. The summed E-state index contributed by atoms with van der Waals surface area (Å²) in [4.78, 5) is 0.219. The van der Waals surface area contributed by atoms with Crippen molar-refractivity contribution in [2.45, 2.75) is 20.3 Å². The van der Waals surface area contributed by atoms with E-state index in [9.17, 15) is 8.42 Å². The van der Waals surface area contributed by atoms with Gasteiger partial charge < -0.3 is 5.73 Å². The summed E-state index contributed by atoms with van der Waals surface area (Å²) < 4.78 is 26.2. The lowest BCUT2D eigenvalue weighted by Gasteiger charge is -2.11. The van der Waals surface area contributed by atoms with Gasteiger partial charge in [0.25, 0.3) is 0 Å². The topological polar surface area (TPSA) is 72.2 Å². The third-order valence-electron chi connectivity index (χ3n) is 2.48. The van der Waals surface area contributed by atoms with Crippen molar-refractivity contribution >= 4 is 44.5 Å². The molecule has 7 heteroatoms. The van der Waals surface area contributed by atoms with E-state index in [1.54, 1.807) is 18.2 Å². The van der Waals surface area contributed by atoms with Crippen molar-refractivity contribution in [3.63, 3.8) is 0 Å². The molecule has 0 spiro atoms. The monoisotopic (exact) mass is 320 g/mol. The predicted octanol–water partition coefficient (Wildman–Crippen LogP) is 2.76. The first-order chi connectivity index (χ1) is 8.71. The molecule has 0 unspecified atom stereocenters. The highest BCUT2D eigenvalue weighted by atomic mass is 35.5. The van der Waals surface area contributed by atoms with Crippen molar-refractivity contribution < 1.29 is 8.42 Å². The van der Waals surface area contributed by atoms with Crippen molar-refractivity contribution in [2.75, 3.05) is 10.5 Å². The maximum atomic E-state index is 11.9. The average Bonchev–Trinajstić information content (AvgIpc) is 2.29. The molecule has 0 radical (unpaired) electrons. The van der Waals surface area contributed by atoms with E-state index in [1.165, 1.54) is 0 Å². The smallest absolute Gasteiger partial charge is 0.232 e. The first kappa shape index (κ1) is 16.2. The van der Waals surface area contributed by atoms with Crippen LogP contribution in [-0.4, -0.2) is 19.2 Å². The van der Waals surface area contributed by atoms with Crippen molar-refractivity contribution in [1.29, 1.82) is 0 Å². The van der Waals surface area contributed by atoms with E-state index in [4.69, 9.17) is 29.6 Å². The van der Waals surface area contributed by atoms with Crippen LogP contribution in [0.15, 0.2) is 18.2 Å². The van der Waals surface area contributed by atoms with Crippen molar-refractivity contribution in [1.82, 2.24) is 0 Å². The van der Waals surface area contributed by atoms with Crippen LogP contribution >= 0.6 is 23.8 Å². The van der Waals surface area contributed by atoms with Crippen LogP contribution in [0.4, 0.5) is 5.69 Å². The minimum absolute atomic E-state index is 0.0675. The molecule has 0 aliphatic heterocycles. The van der Waals surface area contributed by atoms with E-state index in [2.05, 4.69) is 4.72 Å². The molecule has 0 heterocycles. The fourth-order valence-electron chi connectivity index (χ4n) is 1.36. The van der Waals surface area contributed by atoms with Crippen LogP contribution in [0.5, 0.6) is 0 Å². The number of thiocarbonyl (C=S) groups is 1. The molecule has 1 aromatic carbocycles. The quantitative estimate of drug-likeness (QED) is 0.791. The third kappa shape index (κ3) is 5.34. The van der Waals surface area contributed by atoms with Crippen LogP contribution in [0.3, 0.4) is 0 Å². The number of nitrogens with one attached hydrogen (secondary N) is 1. The summed E-state index contributed by atoms with van der Waals surface area (Å²) in [5, 5.41) is 0.276. The van der Waals surface area contributed by atoms with Gasteiger partial charge in [-0.2, -0.15) is 0 Å². The van der Waals surface area contributed by atoms with Crippen LogP contribution in [0.25, 0.3) is 0 Å². The lowest BCUT2D eigenvalue weighted by molar-refractivity contribution is 0.578. The number of anilines is 1. The molecule has 0 aromatic heterocycles. The van der Waals surface area contributed by atoms with Gasteiger partial charge in [0.15, 0.2) is 0 Å². The van der Waals surface area contributed by atoms with Gasteiger partial charge in [-0.15, -0.1) is 0 Å². The number of benzene rings is 1. The molecule has 0 bridgehead atoms. The van der Waals surface area contributed by atoms with Crippen LogP contribution in [0.2, 0.25) is 5.02 Å². The Kier molecular flexibility index (Phi) is 5.58. The zero-order chi connectivity index (χ0) is 14.6. The second kappa shape index (κ2) is 6.54. The van der Waals surface area contributed by atoms with E-state index in [-0.39, 0.29) is 15.8 Å². The van der Waals surface area contributed by atoms with Gasteiger partial charge in [-0.05, 0) is 30.5 Å². The van der Waals surface area contributed by atoms with E-state index in [0.29, 0.717) is 23.6 Å². The molecular formula is C12H17ClN2O2S2. The maximum absolute atomic E-state index is 11.9. The van der Waals surface area contributed by atoms with Crippen molar-refractivity contribution in [2.24, 2.45) is 11.7 Å². The van der Waals surface area contributed by atoms with Gasteiger partial charge in [0.2, 0.25) is 10.0 Å². The Bertz CT molecular complexity index is 571. The zero-order valence-electron chi connectivity index (χ0n) is 10.8. The van der Waals surface area contributed by atoms with Gasteiger partial charge in [0.05, 0.1) is 16.5 Å². The van der Waals surface area contributed by atoms with Crippen LogP contribution in [0, 0.1) is 5.92 Å². The average molecular weight is 321 g/mol. The Labute approximate surface area is 124 Å². The molecule has 0 saturated heterocycles. The van der Waals surface area contributed by atoms with Gasteiger partial charge in [-0.3, -0.25) is 4.72 Å². The molecule has 0 aliphatic rings. The summed E-state index contributed by atoms with van der Waals surface area (Å²) >= 11 is 10.8. The molecule has 0 saturated carbocycles.